The van der Waals surface area contributed by atoms with Crippen molar-refractivity contribution < 1.29 is 19.1 Å². The van der Waals surface area contributed by atoms with Gasteiger partial charge in [-0.2, -0.15) is 0 Å². The fourth-order valence-corrected chi connectivity index (χ4v) is 2.31. The predicted octanol–water partition coefficient (Wildman–Crippen LogP) is 1.92. The van der Waals surface area contributed by atoms with Gasteiger partial charge in [-0.3, -0.25) is 4.79 Å². The highest BCUT2D eigenvalue weighted by atomic mass is 79.9. The lowest BCUT2D eigenvalue weighted by Gasteiger charge is -2.10. The van der Waals surface area contributed by atoms with Crippen LogP contribution in [-0.4, -0.2) is 35.1 Å². The van der Waals surface area contributed by atoms with E-state index >= 15 is 0 Å². The van der Waals surface area contributed by atoms with Crippen LogP contribution < -0.4 is 16.0 Å². The average molecular weight is 411 g/mol. The van der Waals surface area contributed by atoms with Crippen molar-refractivity contribution in [3.63, 3.8) is 0 Å². The highest BCUT2D eigenvalue weighted by Crippen LogP contribution is 2.17. The van der Waals surface area contributed by atoms with Crippen LogP contribution in [0.4, 0.5) is 9.18 Å². The molecule has 1 heterocycles. The second-order valence-corrected chi connectivity index (χ2v) is 5.83. The number of hydrogen-bond donors (Lipinski definition) is 4. The van der Waals surface area contributed by atoms with Gasteiger partial charge in [0.25, 0.3) is 5.91 Å². The Kier molecular flexibility index (Phi) is 6.70. The van der Waals surface area contributed by atoms with Crippen molar-refractivity contribution in [3.8, 4) is 5.75 Å². The first kappa shape index (κ1) is 18.7. The summed E-state index contributed by atoms with van der Waals surface area (Å²) in [6, 6.07) is 6.62. The molecule has 0 fully saturated rings. The number of pyridine rings is 1. The molecule has 1 aromatic carbocycles. The van der Waals surface area contributed by atoms with Gasteiger partial charge >= 0.3 is 6.03 Å². The number of urea groups is 1. The van der Waals surface area contributed by atoms with E-state index in [2.05, 4.69) is 36.9 Å². The van der Waals surface area contributed by atoms with E-state index in [-0.39, 0.29) is 36.9 Å². The van der Waals surface area contributed by atoms with Crippen molar-refractivity contribution in [2.75, 3.05) is 13.1 Å². The lowest BCUT2D eigenvalue weighted by molar-refractivity contribution is 0.0946. The van der Waals surface area contributed by atoms with Crippen LogP contribution in [0.2, 0.25) is 0 Å². The lowest BCUT2D eigenvalue weighted by Crippen LogP contribution is -2.40. The first-order valence-electron chi connectivity index (χ1n) is 7.35. The number of carbonyl (C=O) groups is 2. The van der Waals surface area contributed by atoms with Crippen LogP contribution in [0.15, 0.2) is 41.0 Å². The molecule has 0 unspecified atom stereocenters. The van der Waals surface area contributed by atoms with Gasteiger partial charge < -0.3 is 21.1 Å². The smallest absolute Gasteiger partial charge is 0.315 e. The van der Waals surface area contributed by atoms with Crippen molar-refractivity contribution in [2.45, 2.75) is 6.54 Å². The third kappa shape index (κ3) is 5.71. The van der Waals surface area contributed by atoms with Crippen LogP contribution in [0.5, 0.6) is 5.75 Å². The molecular weight excluding hydrogens is 395 g/mol. The van der Waals surface area contributed by atoms with Gasteiger partial charge in [0.05, 0.1) is 0 Å². The summed E-state index contributed by atoms with van der Waals surface area (Å²) >= 11 is 3.28. The molecule has 0 spiro atoms. The molecule has 4 N–H and O–H groups in total. The normalized spacial score (nSPS) is 10.2. The van der Waals surface area contributed by atoms with Crippen LogP contribution in [0, 0.1) is 5.82 Å². The molecule has 0 saturated carbocycles. The largest absolute Gasteiger partial charge is 0.505 e. The van der Waals surface area contributed by atoms with E-state index < -0.39 is 11.9 Å². The van der Waals surface area contributed by atoms with Crippen molar-refractivity contribution >= 4 is 27.9 Å². The summed E-state index contributed by atoms with van der Waals surface area (Å²) in [7, 11) is 0. The van der Waals surface area contributed by atoms with Gasteiger partial charge in [-0.15, -0.1) is 0 Å². The Morgan fingerprint density at radius 3 is 2.68 bits per heavy atom. The molecule has 2 aromatic rings. The number of rotatable bonds is 6. The first-order valence-corrected chi connectivity index (χ1v) is 8.14. The van der Waals surface area contributed by atoms with Crippen LogP contribution in [0.25, 0.3) is 0 Å². The zero-order valence-electron chi connectivity index (χ0n) is 13.1. The molecular formula is C16H16BrFN4O3. The van der Waals surface area contributed by atoms with Crippen molar-refractivity contribution in [2.24, 2.45) is 0 Å². The average Bonchev–Trinajstić information content (AvgIpc) is 2.59. The van der Waals surface area contributed by atoms with Gasteiger partial charge in [-0.25, -0.2) is 14.2 Å². The van der Waals surface area contributed by atoms with Crippen LogP contribution in [0.3, 0.4) is 0 Å². The highest BCUT2D eigenvalue weighted by Gasteiger charge is 2.11. The molecule has 3 amide bonds. The Hall–Kier alpha value is -2.68. The minimum absolute atomic E-state index is 0.0806. The minimum atomic E-state index is -0.538. The molecule has 0 aliphatic heterocycles. The second-order valence-electron chi connectivity index (χ2n) is 4.97. The number of carbonyl (C=O) groups excluding carboxylic acids is 2. The van der Waals surface area contributed by atoms with Gasteiger partial charge in [-0.05, 0) is 35.9 Å². The third-order valence-corrected chi connectivity index (χ3v) is 3.92. The fourth-order valence-electron chi connectivity index (χ4n) is 1.92. The molecule has 25 heavy (non-hydrogen) atoms. The number of aromatic nitrogens is 1. The Labute approximate surface area is 151 Å². The molecule has 0 bridgehead atoms. The number of nitrogens with zero attached hydrogens (tertiary/aromatic N) is 1. The Bertz CT molecular complexity index is 773. The molecule has 0 aliphatic carbocycles. The highest BCUT2D eigenvalue weighted by molar-refractivity contribution is 9.10. The van der Waals surface area contributed by atoms with E-state index in [1.165, 1.54) is 30.5 Å². The molecule has 9 heteroatoms. The summed E-state index contributed by atoms with van der Waals surface area (Å²) in [6.07, 6.45) is 1.39. The van der Waals surface area contributed by atoms with Gasteiger partial charge in [0.15, 0.2) is 5.69 Å². The number of benzene rings is 1. The number of hydrogen-bond acceptors (Lipinski definition) is 4. The topological polar surface area (TPSA) is 103 Å². The predicted molar refractivity (Wildman–Crippen MR) is 92.6 cm³/mol. The van der Waals surface area contributed by atoms with E-state index in [0.29, 0.717) is 10.0 Å². The maximum absolute atomic E-state index is 13.2. The summed E-state index contributed by atoms with van der Waals surface area (Å²) in [5.41, 5.74) is 0.525. The number of aromatic hydroxyl groups is 1. The van der Waals surface area contributed by atoms with Crippen molar-refractivity contribution in [3.05, 3.63) is 58.1 Å². The van der Waals surface area contributed by atoms with Crippen LogP contribution in [0.1, 0.15) is 16.1 Å². The fraction of sp³-hybridized carbons (Fsp3) is 0.188. The van der Waals surface area contributed by atoms with E-state index in [0.717, 1.165) is 0 Å². The molecule has 0 aliphatic rings. The Morgan fingerprint density at radius 1 is 1.16 bits per heavy atom. The number of amides is 3. The van der Waals surface area contributed by atoms with Crippen molar-refractivity contribution in [1.82, 2.24) is 20.9 Å². The Balaban J connectivity index is 1.69. The van der Waals surface area contributed by atoms with E-state index in [4.69, 9.17) is 0 Å². The molecule has 132 valence electrons. The molecule has 0 saturated heterocycles. The van der Waals surface area contributed by atoms with Crippen molar-refractivity contribution in [1.29, 1.82) is 0 Å². The van der Waals surface area contributed by atoms with E-state index in [1.54, 1.807) is 6.07 Å². The monoisotopic (exact) mass is 410 g/mol. The zero-order chi connectivity index (χ0) is 18.2. The Morgan fingerprint density at radius 2 is 1.92 bits per heavy atom. The van der Waals surface area contributed by atoms with Gasteiger partial charge in [0.2, 0.25) is 0 Å². The minimum Gasteiger partial charge on any atom is -0.505 e. The lowest BCUT2D eigenvalue weighted by atomic mass is 10.2. The molecule has 7 nitrogen and oxygen atoms in total. The summed E-state index contributed by atoms with van der Waals surface area (Å²) in [6.45, 7) is 0.486. The van der Waals surface area contributed by atoms with Crippen LogP contribution in [-0.2, 0) is 6.54 Å². The second kappa shape index (κ2) is 8.97. The number of nitrogens with one attached hydrogen (secondary N) is 3. The summed E-state index contributed by atoms with van der Waals surface area (Å²) < 4.78 is 13.8. The molecule has 2 rings (SSSR count). The SMILES string of the molecule is O=C(NCCNC(=O)c1ncccc1O)NCc1cc(F)ccc1Br. The maximum atomic E-state index is 13.2. The standard InChI is InChI=1S/C16H16BrFN4O3/c17-12-4-3-11(18)8-10(12)9-22-16(25)21-7-6-20-15(24)14-13(23)2-1-5-19-14/h1-5,8,23H,6-7,9H2,(H,20,24)(H2,21,22,25). The first-order chi connectivity index (χ1) is 12.0. The molecule has 0 atom stereocenters. The van der Waals surface area contributed by atoms with Crippen LogP contribution >= 0.6 is 15.9 Å². The van der Waals surface area contributed by atoms with E-state index in [9.17, 15) is 19.1 Å². The quantitative estimate of drug-likeness (QED) is 0.546. The van der Waals surface area contributed by atoms with Gasteiger partial charge in [-0.1, -0.05) is 15.9 Å². The molecule has 0 radical (unpaired) electrons. The summed E-state index contributed by atoms with van der Waals surface area (Å²) in [4.78, 5) is 27.2. The van der Waals surface area contributed by atoms with Gasteiger partial charge in [0.1, 0.15) is 11.6 Å². The summed E-state index contributed by atoms with van der Waals surface area (Å²) in [5, 5.41) is 17.2. The third-order valence-electron chi connectivity index (χ3n) is 3.14. The van der Waals surface area contributed by atoms with Gasteiger partial charge in [0, 0.05) is 30.3 Å². The maximum Gasteiger partial charge on any atom is 0.315 e. The zero-order valence-corrected chi connectivity index (χ0v) is 14.6. The number of halogens is 2. The summed E-state index contributed by atoms with van der Waals surface area (Å²) in [5.74, 6) is -1.14. The van der Waals surface area contributed by atoms with E-state index in [1.807, 2.05) is 0 Å². The molecule has 1 aromatic heterocycles.